The summed E-state index contributed by atoms with van der Waals surface area (Å²) in [5.41, 5.74) is 19.5. The lowest BCUT2D eigenvalue weighted by Crippen LogP contribution is -2.23. The highest BCUT2D eigenvalue weighted by Crippen LogP contribution is 2.55. The van der Waals surface area contributed by atoms with Crippen molar-refractivity contribution < 1.29 is 0 Å². The van der Waals surface area contributed by atoms with E-state index in [2.05, 4.69) is 291 Å². The van der Waals surface area contributed by atoms with Gasteiger partial charge in [-0.25, -0.2) is 0 Å². The second kappa shape index (κ2) is 17.2. The van der Waals surface area contributed by atoms with Crippen molar-refractivity contribution in [1.29, 1.82) is 0 Å². The van der Waals surface area contributed by atoms with Crippen molar-refractivity contribution in [3.63, 3.8) is 0 Å². The summed E-state index contributed by atoms with van der Waals surface area (Å²) in [5.74, 6) is 0. The van der Waals surface area contributed by atoms with E-state index in [-0.39, 0.29) is 10.8 Å². The molecule has 0 fully saturated rings. The van der Waals surface area contributed by atoms with E-state index in [1.807, 2.05) is 22.7 Å². The molecule has 0 spiro atoms. The van der Waals surface area contributed by atoms with Gasteiger partial charge in [-0.2, -0.15) is 0 Å². The van der Waals surface area contributed by atoms with E-state index in [4.69, 9.17) is 0 Å². The van der Waals surface area contributed by atoms with E-state index in [9.17, 15) is 0 Å². The molecule has 0 aliphatic heterocycles. The molecular weight excluding hydrogens is 981 g/mol. The van der Waals surface area contributed by atoms with E-state index in [1.54, 1.807) is 0 Å². The number of hydrogen-bond acceptors (Lipinski definition) is 4. The molecule has 12 aromatic carbocycles. The number of fused-ring (bicyclic) bond motifs is 13. The SMILES string of the molecule is CC1(c2cccc(N(c3ccccc3)c3ccc4c(c3)sc3cc5cc6c(cc5cc34)sc3cc(N(c4ccccc4)c4cccc(C5(C)c7ccccc7-c7ccccc75)c4)ccc36)c2)c2ccccc2-c2ccccc21. The van der Waals surface area contributed by atoms with Gasteiger partial charge in [0.15, 0.2) is 0 Å². The largest absolute Gasteiger partial charge is 0.310 e. The lowest BCUT2D eigenvalue weighted by Gasteiger charge is -2.31. The van der Waals surface area contributed by atoms with Gasteiger partial charge in [0.25, 0.3) is 0 Å². The third kappa shape index (κ3) is 6.67. The molecule has 2 nitrogen and oxygen atoms in total. The Morgan fingerprint density at radius 1 is 0.256 bits per heavy atom. The van der Waals surface area contributed by atoms with Gasteiger partial charge in [-0.15, -0.1) is 22.7 Å². The Morgan fingerprint density at radius 2 is 0.577 bits per heavy atom. The Hall–Kier alpha value is -9.06. The van der Waals surface area contributed by atoms with E-state index < -0.39 is 0 Å². The molecule has 0 atom stereocenters. The highest BCUT2D eigenvalue weighted by atomic mass is 32.1. The van der Waals surface area contributed by atoms with Crippen LogP contribution in [0.5, 0.6) is 0 Å². The zero-order chi connectivity index (χ0) is 51.7. The van der Waals surface area contributed by atoms with Gasteiger partial charge < -0.3 is 9.80 Å². The Labute approximate surface area is 462 Å². The third-order valence-corrected chi connectivity index (χ3v) is 19.6. The molecule has 0 bridgehead atoms. The Morgan fingerprint density at radius 3 is 0.962 bits per heavy atom. The maximum absolute atomic E-state index is 2.43. The first-order chi connectivity index (χ1) is 38.4. The average Bonchev–Trinajstić information content (AvgIpc) is 4.33. The van der Waals surface area contributed by atoms with Crippen molar-refractivity contribution in [2.24, 2.45) is 0 Å². The summed E-state index contributed by atoms with van der Waals surface area (Å²) in [7, 11) is 0. The van der Waals surface area contributed by atoms with Crippen LogP contribution in [-0.4, -0.2) is 0 Å². The highest BCUT2D eigenvalue weighted by Gasteiger charge is 2.42. The first-order valence-electron chi connectivity index (χ1n) is 27.0. The van der Waals surface area contributed by atoms with Crippen LogP contribution in [0.1, 0.15) is 47.2 Å². The molecule has 78 heavy (non-hydrogen) atoms. The van der Waals surface area contributed by atoms with Gasteiger partial charge in [0.05, 0.1) is 0 Å². The minimum atomic E-state index is -0.291. The van der Waals surface area contributed by atoms with Crippen LogP contribution in [0.3, 0.4) is 0 Å². The Bertz CT molecular complexity index is 4350. The Kier molecular flexibility index (Phi) is 9.97. The van der Waals surface area contributed by atoms with Crippen molar-refractivity contribution in [3.05, 3.63) is 300 Å². The van der Waals surface area contributed by atoms with Crippen molar-refractivity contribution in [2.75, 3.05) is 9.80 Å². The lowest BCUT2D eigenvalue weighted by molar-refractivity contribution is 0.714. The van der Waals surface area contributed by atoms with Gasteiger partial charge in [-0.1, -0.05) is 170 Å². The number of para-hydroxylation sites is 2. The van der Waals surface area contributed by atoms with Crippen LogP contribution in [0.15, 0.2) is 267 Å². The van der Waals surface area contributed by atoms with Crippen molar-refractivity contribution >= 4 is 108 Å². The number of nitrogens with zero attached hydrogens (tertiary/aromatic N) is 2. The molecule has 0 N–H and O–H groups in total. The fourth-order valence-corrected chi connectivity index (χ4v) is 15.9. The maximum Gasteiger partial charge on any atom is 0.0476 e. The number of benzene rings is 12. The monoisotopic (exact) mass is 1030 g/mol. The summed E-state index contributed by atoms with van der Waals surface area (Å²) in [6, 6.07) is 99.7. The van der Waals surface area contributed by atoms with Crippen molar-refractivity contribution in [1.82, 2.24) is 0 Å². The first-order valence-corrected chi connectivity index (χ1v) is 28.6. The van der Waals surface area contributed by atoms with Gasteiger partial charge in [-0.3, -0.25) is 0 Å². The van der Waals surface area contributed by atoms with Crippen LogP contribution >= 0.6 is 22.7 Å². The van der Waals surface area contributed by atoms with Crippen LogP contribution in [0.4, 0.5) is 34.1 Å². The predicted octanol–water partition coefficient (Wildman–Crippen LogP) is 21.2. The van der Waals surface area contributed by atoms with E-state index in [0.29, 0.717) is 0 Å². The molecular formula is C74H50N2S2. The number of thiophene rings is 2. The second-order valence-corrected chi connectivity index (χ2v) is 23.7. The topological polar surface area (TPSA) is 6.48 Å². The minimum Gasteiger partial charge on any atom is -0.310 e. The average molecular weight is 1030 g/mol. The molecule has 0 radical (unpaired) electrons. The summed E-state index contributed by atoms with van der Waals surface area (Å²) in [6.07, 6.45) is 0. The number of rotatable bonds is 8. The summed E-state index contributed by atoms with van der Waals surface area (Å²) in [5, 5.41) is 7.71. The van der Waals surface area contributed by atoms with E-state index >= 15 is 0 Å². The predicted molar refractivity (Wildman–Crippen MR) is 334 cm³/mol. The molecule has 2 heterocycles. The molecule has 16 rings (SSSR count). The molecule has 368 valence electrons. The van der Waals surface area contributed by atoms with Gasteiger partial charge in [0, 0.05) is 85.3 Å². The highest BCUT2D eigenvalue weighted by molar-refractivity contribution is 7.26. The summed E-state index contributed by atoms with van der Waals surface area (Å²) >= 11 is 3.78. The quantitative estimate of drug-likeness (QED) is 0.150. The van der Waals surface area contributed by atoms with Crippen LogP contribution in [-0.2, 0) is 10.8 Å². The molecule has 0 amide bonds. The molecule has 0 unspecified atom stereocenters. The number of hydrogen-bond donors (Lipinski definition) is 0. The van der Waals surface area contributed by atoms with Crippen LogP contribution in [0, 0.1) is 0 Å². The van der Waals surface area contributed by atoms with E-state index in [0.717, 1.165) is 34.1 Å². The lowest BCUT2D eigenvalue weighted by atomic mass is 9.74. The molecule has 4 heteroatoms. The fraction of sp³-hybridized carbons (Fsp3) is 0.0541. The molecule has 2 aliphatic carbocycles. The van der Waals surface area contributed by atoms with Gasteiger partial charge in [-0.05, 0) is 177 Å². The zero-order valence-electron chi connectivity index (χ0n) is 43.1. The van der Waals surface area contributed by atoms with Gasteiger partial charge in [0.1, 0.15) is 0 Å². The minimum absolute atomic E-state index is 0.291. The standard InChI is InChI=1S/C74H50N2S2/c1-73(65-31-13-9-27-57(65)58-28-10-14-32-66(58)73)49-19-17-25-53(43-49)75(51-21-5-3-6-22-51)55-35-37-61-63-39-47-42-70-64(40-48(47)41-69(63)77-71(61)45-55)62-38-36-56(46-72(62)78-70)76(52-23-7-4-8-24-52)54-26-18-20-50(44-54)74(2)67-33-15-11-29-59(67)60-30-12-16-34-68(60)74/h3-46H,1-2H3. The van der Waals surface area contributed by atoms with Gasteiger partial charge >= 0.3 is 0 Å². The molecule has 14 aromatic rings. The normalized spacial score (nSPS) is 13.7. The molecule has 2 aliphatic rings. The van der Waals surface area contributed by atoms with E-state index in [1.165, 1.54) is 107 Å². The smallest absolute Gasteiger partial charge is 0.0476 e. The van der Waals surface area contributed by atoms with Crippen molar-refractivity contribution in [2.45, 2.75) is 24.7 Å². The zero-order valence-corrected chi connectivity index (χ0v) is 44.7. The van der Waals surface area contributed by atoms with Crippen LogP contribution < -0.4 is 9.80 Å². The number of anilines is 6. The molecule has 2 aromatic heterocycles. The summed E-state index contributed by atoms with van der Waals surface area (Å²) < 4.78 is 5.16. The first kappa shape index (κ1) is 45.2. The molecule has 0 saturated heterocycles. The van der Waals surface area contributed by atoms with Crippen LogP contribution in [0.25, 0.3) is 73.4 Å². The maximum atomic E-state index is 2.43. The third-order valence-electron chi connectivity index (χ3n) is 17.3. The second-order valence-electron chi connectivity index (χ2n) is 21.5. The molecule has 0 saturated carbocycles. The summed E-state index contributed by atoms with van der Waals surface area (Å²) in [4.78, 5) is 4.85. The van der Waals surface area contributed by atoms with Gasteiger partial charge in [0.2, 0.25) is 0 Å². The van der Waals surface area contributed by atoms with Crippen LogP contribution in [0.2, 0.25) is 0 Å². The fourth-order valence-electron chi connectivity index (χ4n) is 13.5. The van der Waals surface area contributed by atoms with Crippen molar-refractivity contribution in [3.8, 4) is 22.3 Å². The summed E-state index contributed by atoms with van der Waals surface area (Å²) in [6.45, 7) is 4.80. The Balaban J connectivity index is 0.769.